The van der Waals surface area contributed by atoms with E-state index in [2.05, 4.69) is 36.1 Å². The summed E-state index contributed by atoms with van der Waals surface area (Å²) in [5, 5.41) is 0. The first kappa shape index (κ1) is 15.3. The maximum Gasteiger partial charge on any atom is 0.119 e. The van der Waals surface area contributed by atoms with E-state index in [1.807, 2.05) is 0 Å². The fraction of sp³-hybridized carbons (Fsp3) is 0.647. The zero-order valence-electron chi connectivity index (χ0n) is 12.7. The number of hydrogen-bond acceptors (Lipinski definition) is 3. The normalized spacial score (nSPS) is 20.0. The van der Waals surface area contributed by atoms with Crippen molar-refractivity contribution in [3.8, 4) is 5.75 Å². The number of nitrogens with zero attached hydrogens (tertiary/aromatic N) is 1. The molecule has 1 aliphatic heterocycles. The van der Waals surface area contributed by atoms with Gasteiger partial charge in [0.25, 0.3) is 0 Å². The third-order valence-corrected chi connectivity index (χ3v) is 4.22. The molecule has 1 fully saturated rings. The Morgan fingerprint density at radius 1 is 1.25 bits per heavy atom. The smallest absolute Gasteiger partial charge is 0.119 e. The second-order valence-corrected chi connectivity index (χ2v) is 5.62. The van der Waals surface area contributed by atoms with Crippen LogP contribution in [0.15, 0.2) is 24.3 Å². The van der Waals surface area contributed by atoms with Crippen molar-refractivity contribution in [1.29, 1.82) is 0 Å². The van der Waals surface area contributed by atoms with Crippen LogP contribution in [0.3, 0.4) is 0 Å². The van der Waals surface area contributed by atoms with Crippen molar-refractivity contribution in [2.45, 2.75) is 45.1 Å². The van der Waals surface area contributed by atoms with Crippen molar-refractivity contribution in [2.75, 3.05) is 26.2 Å². The van der Waals surface area contributed by atoms with Gasteiger partial charge in [-0.3, -0.25) is 4.90 Å². The highest BCUT2D eigenvalue weighted by Gasteiger charge is 2.20. The first-order valence-electron chi connectivity index (χ1n) is 7.99. The van der Waals surface area contributed by atoms with Gasteiger partial charge >= 0.3 is 0 Å². The molecule has 0 spiro atoms. The average Bonchev–Trinajstić information content (AvgIpc) is 2.50. The molecule has 0 amide bonds. The lowest BCUT2D eigenvalue weighted by Crippen LogP contribution is -2.41. The molecule has 2 rings (SSSR count). The third kappa shape index (κ3) is 4.50. The molecule has 1 heterocycles. The second kappa shape index (κ2) is 8.28. The van der Waals surface area contributed by atoms with Crippen LogP contribution in [0.2, 0.25) is 0 Å². The first-order chi connectivity index (χ1) is 9.83. The van der Waals surface area contributed by atoms with Crippen LogP contribution in [0.5, 0.6) is 5.75 Å². The lowest BCUT2D eigenvalue weighted by atomic mass is 10.0. The van der Waals surface area contributed by atoms with Crippen molar-refractivity contribution in [1.82, 2.24) is 4.90 Å². The predicted molar refractivity (Wildman–Crippen MR) is 84.2 cm³/mol. The van der Waals surface area contributed by atoms with Crippen molar-refractivity contribution in [3.63, 3.8) is 0 Å². The molecule has 3 nitrogen and oxygen atoms in total. The molecular weight excluding hydrogens is 248 g/mol. The molecule has 1 saturated heterocycles. The van der Waals surface area contributed by atoms with E-state index in [0.717, 1.165) is 31.4 Å². The Morgan fingerprint density at radius 2 is 2.05 bits per heavy atom. The van der Waals surface area contributed by atoms with Crippen molar-refractivity contribution >= 4 is 0 Å². The fourth-order valence-corrected chi connectivity index (χ4v) is 3.02. The summed E-state index contributed by atoms with van der Waals surface area (Å²) < 4.78 is 5.86. The van der Waals surface area contributed by atoms with Crippen LogP contribution in [-0.2, 0) is 6.42 Å². The summed E-state index contributed by atoms with van der Waals surface area (Å²) in [4.78, 5) is 2.59. The maximum absolute atomic E-state index is 5.86. The van der Waals surface area contributed by atoms with Crippen LogP contribution in [0, 0.1) is 0 Å². The Bertz CT molecular complexity index is 377. The van der Waals surface area contributed by atoms with Crippen LogP contribution in [0.4, 0.5) is 0 Å². The minimum Gasteiger partial charge on any atom is -0.492 e. The summed E-state index contributed by atoms with van der Waals surface area (Å²) in [6.07, 6.45) is 6.27. The average molecular weight is 276 g/mol. The van der Waals surface area contributed by atoms with E-state index in [-0.39, 0.29) is 0 Å². The number of piperidine rings is 1. The van der Waals surface area contributed by atoms with Gasteiger partial charge in [-0.05, 0) is 56.5 Å². The topological polar surface area (TPSA) is 38.5 Å². The zero-order valence-corrected chi connectivity index (χ0v) is 12.7. The van der Waals surface area contributed by atoms with Crippen LogP contribution < -0.4 is 10.5 Å². The fourth-order valence-electron chi connectivity index (χ4n) is 3.02. The number of likely N-dealkylation sites (tertiary alicyclic amines) is 1. The number of ether oxygens (including phenoxy) is 1. The third-order valence-electron chi connectivity index (χ3n) is 4.22. The molecule has 1 aliphatic rings. The molecule has 2 N–H and O–H groups in total. The van der Waals surface area contributed by atoms with Crippen molar-refractivity contribution in [3.05, 3.63) is 29.8 Å². The van der Waals surface area contributed by atoms with E-state index in [1.165, 1.54) is 37.8 Å². The molecule has 1 aromatic rings. The van der Waals surface area contributed by atoms with Gasteiger partial charge in [0.15, 0.2) is 0 Å². The predicted octanol–water partition coefficient (Wildman–Crippen LogP) is 2.83. The number of benzene rings is 1. The second-order valence-electron chi connectivity index (χ2n) is 5.62. The van der Waals surface area contributed by atoms with Crippen LogP contribution in [-0.4, -0.2) is 37.2 Å². The Kier molecular flexibility index (Phi) is 6.34. The van der Waals surface area contributed by atoms with Crippen molar-refractivity contribution < 1.29 is 4.74 Å². The van der Waals surface area contributed by atoms with Gasteiger partial charge in [0.05, 0.1) is 0 Å². The van der Waals surface area contributed by atoms with Gasteiger partial charge in [-0.2, -0.15) is 0 Å². The molecular formula is C17H28N2O. The first-order valence-corrected chi connectivity index (χ1v) is 7.99. The summed E-state index contributed by atoms with van der Waals surface area (Å²) >= 11 is 0. The van der Waals surface area contributed by atoms with Gasteiger partial charge < -0.3 is 10.5 Å². The molecule has 0 radical (unpaired) electrons. The molecule has 112 valence electrons. The molecule has 0 aliphatic carbocycles. The lowest BCUT2D eigenvalue weighted by Gasteiger charge is -2.34. The van der Waals surface area contributed by atoms with Gasteiger partial charge in [-0.15, -0.1) is 0 Å². The standard InChI is InChI=1S/C17H28N2O/c1-2-16-5-3-4-12-19(16)13-14-20-17-8-6-15(7-9-17)10-11-18/h6-9,16H,2-5,10-14,18H2,1H3. The summed E-state index contributed by atoms with van der Waals surface area (Å²) in [5.41, 5.74) is 6.83. The maximum atomic E-state index is 5.86. The largest absolute Gasteiger partial charge is 0.492 e. The van der Waals surface area contributed by atoms with Gasteiger partial charge in [-0.25, -0.2) is 0 Å². The SMILES string of the molecule is CCC1CCCCN1CCOc1ccc(CCN)cc1. The van der Waals surface area contributed by atoms with E-state index in [0.29, 0.717) is 6.54 Å². The Labute approximate surface area is 123 Å². The molecule has 20 heavy (non-hydrogen) atoms. The molecule has 1 aromatic carbocycles. The number of hydrogen-bond donors (Lipinski definition) is 1. The quantitative estimate of drug-likeness (QED) is 0.832. The highest BCUT2D eigenvalue weighted by atomic mass is 16.5. The van der Waals surface area contributed by atoms with E-state index in [4.69, 9.17) is 10.5 Å². The van der Waals surface area contributed by atoms with Gasteiger partial charge in [0, 0.05) is 12.6 Å². The number of rotatable bonds is 7. The molecule has 0 bridgehead atoms. The lowest BCUT2D eigenvalue weighted by molar-refractivity contribution is 0.120. The summed E-state index contributed by atoms with van der Waals surface area (Å²) in [6.45, 7) is 6.06. The minimum atomic E-state index is 0.702. The highest BCUT2D eigenvalue weighted by molar-refractivity contribution is 5.27. The molecule has 0 saturated carbocycles. The van der Waals surface area contributed by atoms with Crippen LogP contribution >= 0.6 is 0 Å². The minimum absolute atomic E-state index is 0.702. The summed E-state index contributed by atoms with van der Waals surface area (Å²) in [5.74, 6) is 0.968. The Morgan fingerprint density at radius 3 is 2.75 bits per heavy atom. The van der Waals surface area contributed by atoms with Crippen LogP contribution in [0.1, 0.15) is 38.2 Å². The van der Waals surface area contributed by atoms with Gasteiger partial charge in [-0.1, -0.05) is 25.5 Å². The summed E-state index contributed by atoms with van der Waals surface area (Å²) in [6, 6.07) is 9.09. The monoisotopic (exact) mass is 276 g/mol. The van der Waals surface area contributed by atoms with Crippen molar-refractivity contribution in [2.24, 2.45) is 5.73 Å². The molecule has 3 heteroatoms. The molecule has 1 unspecified atom stereocenters. The number of nitrogens with two attached hydrogens (primary N) is 1. The highest BCUT2D eigenvalue weighted by Crippen LogP contribution is 2.19. The van der Waals surface area contributed by atoms with E-state index in [1.54, 1.807) is 0 Å². The Hall–Kier alpha value is -1.06. The Balaban J connectivity index is 1.74. The van der Waals surface area contributed by atoms with E-state index >= 15 is 0 Å². The van der Waals surface area contributed by atoms with Gasteiger partial charge in [0.1, 0.15) is 12.4 Å². The zero-order chi connectivity index (χ0) is 14.2. The molecule has 0 aromatic heterocycles. The summed E-state index contributed by atoms with van der Waals surface area (Å²) in [7, 11) is 0. The van der Waals surface area contributed by atoms with E-state index in [9.17, 15) is 0 Å². The van der Waals surface area contributed by atoms with Gasteiger partial charge in [0.2, 0.25) is 0 Å². The molecule has 1 atom stereocenters. The van der Waals surface area contributed by atoms with Crippen LogP contribution in [0.25, 0.3) is 0 Å². The van der Waals surface area contributed by atoms with E-state index < -0.39 is 0 Å².